The maximum absolute atomic E-state index is 12.9. The van der Waals surface area contributed by atoms with E-state index in [0.29, 0.717) is 10.7 Å². The molecule has 0 aliphatic heterocycles. The fraction of sp³-hybridized carbons (Fsp3) is 0.0769. The van der Waals surface area contributed by atoms with Crippen molar-refractivity contribution in [2.75, 3.05) is 5.73 Å². The molecule has 3 heteroatoms. The number of halogens is 2. The molecule has 0 aliphatic rings. The van der Waals surface area contributed by atoms with Gasteiger partial charge in [-0.05, 0) is 37.3 Å². The van der Waals surface area contributed by atoms with E-state index in [1.165, 1.54) is 12.1 Å². The summed E-state index contributed by atoms with van der Waals surface area (Å²) in [5.74, 6) is -0.347. The Labute approximate surface area is 98.7 Å². The topological polar surface area (TPSA) is 26.0 Å². The van der Waals surface area contributed by atoms with Gasteiger partial charge in [-0.15, -0.1) is 0 Å². The monoisotopic (exact) mass is 235 g/mol. The lowest BCUT2D eigenvalue weighted by Gasteiger charge is -2.09. The van der Waals surface area contributed by atoms with Crippen molar-refractivity contribution in [3.8, 4) is 11.1 Å². The average molecular weight is 236 g/mol. The third-order valence-corrected chi connectivity index (χ3v) is 2.74. The minimum Gasteiger partial charge on any atom is -0.398 e. The van der Waals surface area contributed by atoms with Gasteiger partial charge in [0, 0.05) is 16.8 Å². The molecule has 0 bridgehead atoms. The zero-order valence-corrected chi connectivity index (χ0v) is 9.55. The molecule has 0 saturated heterocycles. The number of nitrogen functional groups attached to an aromatic ring is 1. The van der Waals surface area contributed by atoms with Crippen LogP contribution >= 0.6 is 11.6 Å². The SMILES string of the molecule is Cc1ccc(N)c(-c2ccc(F)cc2Cl)c1. The summed E-state index contributed by atoms with van der Waals surface area (Å²) in [5, 5.41) is 0.373. The van der Waals surface area contributed by atoms with Crippen molar-refractivity contribution in [2.24, 2.45) is 0 Å². The smallest absolute Gasteiger partial charge is 0.124 e. The van der Waals surface area contributed by atoms with Crippen LogP contribution in [0.1, 0.15) is 5.56 Å². The van der Waals surface area contributed by atoms with Gasteiger partial charge in [-0.1, -0.05) is 23.2 Å². The maximum Gasteiger partial charge on any atom is 0.124 e. The number of benzene rings is 2. The van der Waals surface area contributed by atoms with Crippen molar-refractivity contribution in [1.82, 2.24) is 0 Å². The van der Waals surface area contributed by atoms with Crippen molar-refractivity contribution in [1.29, 1.82) is 0 Å². The molecule has 0 aliphatic carbocycles. The maximum atomic E-state index is 12.9. The Morgan fingerprint density at radius 1 is 1.06 bits per heavy atom. The molecule has 2 aromatic carbocycles. The molecular weight excluding hydrogens is 225 g/mol. The zero-order valence-electron chi connectivity index (χ0n) is 8.80. The van der Waals surface area contributed by atoms with Gasteiger partial charge in [0.25, 0.3) is 0 Å². The molecule has 0 aromatic heterocycles. The highest BCUT2D eigenvalue weighted by molar-refractivity contribution is 6.33. The minimum absolute atomic E-state index is 0.347. The zero-order chi connectivity index (χ0) is 11.7. The van der Waals surface area contributed by atoms with E-state index in [1.54, 1.807) is 6.07 Å². The van der Waals surface area contributed by atoms with E-state index >= 15 is 0 Å². The molecule has 0 fully saturated rings. The number of nitrogens with two attached hydrogens (primary N) is 1. The summed E-state index contributed by atoms with van der Waals surface area (Å²) in [6.07, 6.45) is 0. The molecule has 2 rings (SSSR count). The number of hydrogen-bond acceptors (Lipinski definition) is 1. The molecule has 16 heavy (non-hydrogen) atoms. The summed E-state index contributed by atoms with van der Waals surface area (Å²) in [4.78, 5) is 0. The highest BCUT2D eigenvalue weighted by Crippen LogP contribution is 2.32. The number of anilines is 1. The fourth-order valence-electron chi connectivity index (χ4n) is 1.61. The lowest BCUT2D eigenvalue weighted by molar-refractivity contribution is 0.628. The van der Waals surface area contributed by atoms with Crippen molar-refractivity contribution < 1.29 is 4.39 Å². The van der Waals surface area contributed by atoms with Gasteiger partial charge >= 0.3 is 0 Å². The quantitative estimate of drug-likeness (QED) is 0.742. The molecule has 0 unspecified atom stereocenters. The van der Waals surface area contributed by atoms with Gasteiger partial charge < -0.3 is 5.73 Å². The Morgan fingerprint density at radius 2 is 1.81 bits per heavy atom. The molecule has 82 valence electrons. The lowest BCUT2D eigenvalue weighted by atomic mass is 10.0. The normalized spacial score (nSPS) is 10.4. The summed E-state index contributed by atoms with van der Waals surface area (Å²) in [7, 11) is 0. The predicted octanol–water partition coefficient (Wildman–Crippen LogP) is 4.04. The molecule has 2 aromatic rings. The van der Waals surface area contributed by atoms with E-state index in [1.807, 2.05) is 25.1 Å². The van der Waals surface area contributed by atoms with Crippen LogP contribution in [0, 0.1) is 12.7 Å². The molecule has 0 spiro atoms. The van der Waals surface area contributed by atoms with Crippen molar-refractivity contribution in [2.45, 2.75) is 6.92 Å². The largest absolute Gasteiger partial charge is 0.398 e. The van der Waals surface area contributed by atoms with Gasteiger partial charge in [-0.3, -0.25) is 0 Å². The first-order chi connectivity index (χ1) is 7.58. The first-order valence-electron chi connectivity index (χ1n) is 4.89. The van der Waals surface area contributed by atoms with Gasteiger partial charge in [0.05, 0.1) is 5.02 Å². The summed E-state index contributed by atoms with van der Waals surface area (Å²) < 4.78 is 12.9. The molecule has 0 atom stereocenters. The van der Waals surface area contributed by atoms with E-state index < -0.39 is 0 Å². The van der Waals surface area contributed by atoms with E-state index in [-0.39, 0.29) is 5.82 Å². The standard InChI is InChI=1S/C13H11ClFN/c1-8-2-5-13(16)11(6-8)10-4-3-9(15)7-12(10)14/h2-7H,16H2,1H3. The Bertz CT molecular complexity index is 537. The van der Waals surface area contributed by atoms with Crippen LogP contribution in [-0.2, 0) is 0 Å². The molecule has 0 heterocycles. The van der Waals surface area contributed by atoms with Gasteiger partial charge in [0.2, 0.25) is 0 Å². The highest BCUT2D eigenvalue weighted by atomic mass is 35.5. The summed E-state index contributed by atoms with van der Waals surface area (Å²) in [6, 6.07) is 10.00. The Balaban J connectivity index is 2.62. The number of rotatable bonds is 1. The van der Waals surface area contributed by atoms with E-state index in [2.05, 4.69) is 0 Å². The predicted molar refractivity (Wildman–Crippen MR) is 66.0 cm³/mol. The third kappa shape index (κ3) is 2.02. The van der Waals surface area contributed by atoms with E-state index in [9.17, 15) is 4.39 Å². The molecule has 2 N–H and O–H groups in total. The Hall–Kier alpha value is -1.54. The van der Waals surface area contributed by atoms with Gasteiger partial charge in [-0.25, -0.2) is 4.39 Å². The highest BCUT2D eigenvalue weighted by Gasteiger charge is 2.08. The van der Waals surface area contributed by atoms with Crippen LogP contribution < -0.4 is 5.73 Å². The van der Waals surface area contributed by atoms with Crippen LogP contribution in [0.5, 0.6) is 0 Å². The summed E-state index contributed by atoms with van der Waals surface area (Å²) >= 11 is 5.99. The third-order valence-electron chi connectivity index (χ3n) is 2.43. The number of aryl methyl sites for hydroxylation is 1. The van der Waals surface area contributed by atoms with Crippen LogP contribution in [-0.4, -0.2) is 0 Å². The first kappa shape index (κ1) is 11.0. The molecular formula is C13H11ClFN. The molecule has 0 saturated carbocycles. The molecule has 0 radical (unpaired) electrons. The van der Waals surface area contributed by atoms with E-state index in [0.717, 1.165) is 16.7 Å². The van der Waals surface area contributed by atoms with Crippen molar-refractivity contribution >= 4 is 17.3 Å². The van der Waals surface area contributed by atoms with Crippen LogP contribution in [0.2, 0.25) is 5.02 Å². The average Bonchev–Trinajstić information content (AvgIpc) is 2.22. The number of hydrogen-bond donors (Lipinski definition) is 1. The summed E-state index contributed by atoms with van der Waals surface area (Å²) in [6.45, 7) is 1.97. The van der Waals surface area contributed by atoms with Crippen LogP contribution in [0.15, 0.2) is 36.4 Å². The van der Waals surface area contributed by atoms with Crippen LogP contribution in [0.3, 0.4) is 0 Å². The van der Waals surface area contributed by atoms with Gasteiger partial charge in [-0.2, -0.15) is 0 Å². The van der Waals surface area contributed by atoms with Crippen molar-refractivity contribution in [3.63, 3.8) is 0 Å². The van der Waals surface area contributed by atoms with Gasteiger partial charge in [0.1, 0.15) is 5.82 Å². The van der Waals surface area contributed by atoms with Gasteiger partial charge in [0.15, 0.2) is 0 Å². The van der Waals surface area contributed by atoms with Crippen molar-refractivity contribution in [3.05, 3.63) is 52.8 Å². The Kier molecular flexibility index (Phi) is 2.84. The fourth-order valence-corrected chi connectivity index (χ4v) is 1.88. The second-order valence-corrected chi connectivity index (χ2v) is 4.12. The van der Waals surface area contributed by atoms with Crippen LogP contribution in [0.25, 0.3) is 11.1 Å². The minimum atomic E-state index is -0.347. The summed E-state index contributed by atoms with van der Waals surface area (Å²) in [5.41, 5.74) is 9.19. The van der Waals surface area contributed by atoms with Crippen LogP contribution in [0.4, 0.5) is 10.1 Å². The molecule has 1 nitrogen and oxygen atoms in total. The van der Waals surface area contributed by atoms with E-state index in [4.69, 9.17) is 17.3 Å². The lowest BCUT2D eigenvalue weighted by Crippen LogP contribution is -1.91. The molecule has 0 amide bonds. The second kappa shape index (κ2) is 4.14. The first-order valence-corrected chi connectivity index (χ1v) is 5.27. The Morgan fingerprint density at radius 3 is 2.50 bits per heavy atom. The second-order valence-electron chi connectivity index (χ2n) is 3.71.